The Hall–Kier alpha value is -3.66. The monoisotopic (exact) mass is 383 g/mol. The lowest BCUT2D eigenvalue weighted by Gasteiger charge is -2.23. The van der Waals surface area contributed by atoms with Crippen LogP contribution in [-0.4, -0.2) is 10.8 Å². The molecule has 29 heavy (non-hydrogen) atoms. The molecule has 0 spiro atoms. The fourth-order valence-corrected chi connectivity index (χ4v) is 3.37. The minimum absolute atomic E-state index is 0.0509. The fraction of sp³-hybridized carbons (Fsp3) is 0.120. The normalized spacial score (nSPS) is 10.8. The Labute approximate surface area is 169 Å². The zero-order valence-corrected chi connectivity index (χ0v) is 16.2. The molecule has 0 bridgehead atoms. The van der Waals surface area contributed by atoms with Crippen LogP contribution in [-0.2, 0) is 13.1 Å². The van der Waals surface area contributed by atoms with Crippen LogP contribution in [0.3, 0.4) is 0 Å². The highest BCUT2D eigenvalue weighted by atomic mass is 16.4. The SMILES string of the molecule is Cc1ccc2oc(=O)c(C(=O)N(Cc3ccccc3)Cc3ccccc3)cc2c1. The molecule has 144 valence electrons. The van der Waals surface area contributed by atoms with E-state index in [1.54, 1.807) is 17.0 Å². The molecule has 3 aromatic carbocycles. The summed E-state index contributed by atoms with van der Waals surface area (Å²) in [6.07, 6.45) is 0. The van der Waals surface area contributed by atoms with E-state index in [-0.39, 0.29) is 11.5 Å². The Bertz CT molecular complexity index is 1160. The van der Waals surface area contributed by atoms with Gasteiger partial charge in [0, 0.05) is 18.5 Å². The standard InChI is InChI=1S/C25H21NO3/c1-18-12-13-23-21(14-18)15-22(25(28)29-23)24(27)26(16-19-8-4-2-5-9-19)17-20-10-6-3-7-11-20/h2-15H,16-17H2,1H3. The fourth-order valence-electron chi connectivity index (χ4n) is 3.37. The van der Waals surface area contributed by atoms with Crippen LogP contribution in [0.25, 0.3) is 11.0 Å². The van der Waals surface area contributed by atoms with E-state index in [2.05, 4.69) is 0 Å². The van der Waals surface area contributed by atoms with Gasteiger partial charge in [0.05, 0.1) is 0 Å². The molecule has 0 aliphatic carbocycles. The summed E-state index contributed by atoms with van der Waals surface area (Å²) in [6.45, 7) is 2.77. The quantitative estimate of drug-likeness (QED) is 0.459. The molecule has 4 heteroatoms. The predicted octanol–water partition coefficient (Wildman–Crippen LogP) is 4.94. The molecule has 1 amide bonds. The van der Waals surface area contributed by atoms with Gasteiger partial charge in [-0.1, -0.05) is 72.3 Å². The van der Waals surface area contributed by atoms with Gasteiger partial charge in [0.15, 0.2) is 0 Å². The largest absolute Gasteiger partial charge is 0.422 e. The van der Waals surface area contributed by atoms with Gasteiger partial charge in [-0.25, -0.2) is 4.79 Å². The first-order valence-electron chi connectivity index (χ1n) is 9.52. The Morgan fingerprint density at radius 1 is 0.828 bits per heavy atom. The highest BCUT2D eigenvalue weighted by Crippen LogP contribution is 2.18. The number of carbonyl (C=O) groups excluding carboxylic acids is 1. The molecule has 0 radical (unpaired) electrons. The molecule has 0 fully saturated rings. The van der Waals surface area contributed by atoms with Crippen LogP contribution < -0.4 is 5.63 Å². The molecule has 4 aromatic rings. The number of nitrogens with zero attached hydrogens (tertiary/aromatic N) is 1. The van der Waals surface area contributed by atoms with Gasteiger partial charge >= 0.3 is 5.63 Å². The number of fused-ring (bicyclic) bond motifs is 1. The van der Waals surface area contributed by atoms with Gasteiger partial charge in [-0.2, -0.15) is 0 Å². The lowest BCUT2D eigenvalue weighted by molar-refractivity contribution is 0.0726. The van der Waals surface area contributed by atoms with Crippen molar-refractivity contribution in [2.75, 3.05) is 0 Å². The van der Waals surface area contributed by atoms with Gasteiger partial charge in [0.2, 0.25) is 0 Å². The zero-order valence-electron chi connectivity index (χ0n) is 16.2. The van der Waals surface area contributed by atoms with Crippen molar-refractivity contribution in [2.24, 2.45) is 0 Å². The summed E-state index contributed by atoms with van der Waals surface area (Å²) in [5.74, 6) is -0.338. The smallest absolute Gasteiger partial charge is 0.349 e. The summed E-state index contributed by atoms with van der Waals surface area (Å²) in [6, 6.07) is 26.7. The van der Waals surface area contributed by atoms with Crippen LogP contribution in [0, 0.1) is 6.92 Å². The number of hydrogen-bond donors (Lipinski definition) is 0. The van der Waals surface area contributed by atoms with Crippen LogP contribution in [0.4, 0.5) is 0 Å². The van der Waals surface area contributed by atoms with Crippen molar-refractivity contribution >= 4 is 16.9 Å². The number of rotatable bonds is 5. The Balaban J connectivity index is 1.73. The number of aryl methyl sites for hydroxylation is 1. The first-order chi connectivity index (χ1) is 14.1. The number of amides is 1. The van der Waals surface area contributed by atoms with E-state index in [0.29, 0.717) is 18.7 Å². The van der Waals surface area contributed by atoms with Crippen molar-refractivity contribution in [3.8, 4) is 0 Å². The molecule has 0 aliphatic heterocycles. The number of benzene rings is 3. The Kier molecular flexibility index (Phi) is 5.25. The average molecular weight is 383 g/mol. The second-order valence-corrected chi connectivity index (χ2v) is 7.12. The molecule has 0 atom stereocenters. The maximum atomic E-state index is 13.4. The highest BCUT2D eigenvalue weighted by Gasteiger charge is 2.21. The minimum atomic E-state index is -0.613. The second-order valence-electron chi connectivity index (χ2n) is 7.12. The van der Waals surface area contributed by atoms with E-state index in [4.69, 9.17) is 4.42 Å². The van der Waals surface area contributed by atoms with E-state index >= 15 is 0 Å². The van der Waals surface area contributed by atoms with Crippen LogP contribution >= 0.6 is 0 Å². The summed E-state index contributed by atoms with van der Waals surface area (Å²) < 4.78 is 5.42. The molecule has 0 aliphatic rings. The van der Waals surface area contributed by atoms with Crippen LogP contribution in [0.15, 0.2) is 94.1 Å². The third-order valence-corrected chi connectivity index (χ3v) is 4.84. The van der Waals surface area contributed by atoms with Crippen molar-refractivity contribution in [1.29, 1.82) is 0 Å². The van der Waals surface area contributed by atoms with E-state index in [0.717, 1.165) is 22.1 Å². The van der Waals surface area contributed by atoms with Gasteiger partial charge in [-0.15, -0.1) is 0 Å². The molecule has 1 aromatic heterocycles. The molecule has 4 nitrogen and oxygen atoms in total. The Morgan fingerprint density at radius 3 is 2.00 bits per heavy atom. The van der Waals surface area contributed by atoms with E-state index in [9.17, 15) is 9.59 Å². The van der Waals surface area contributed by atoms with Crippen molar-refractivity contribution in [1.82, 2.24) is 4.90 Å². The molecule has 0 saturated carbocycles. The molecular weight excluding hydrogens is 362 g/mol. The molecular formula is C25H21NO3. The van der Waals surface area contributed by atoms with E-state index in [1.165, 1.54) is 0 Å². The summed E-state index contributed by atoms with van der Waals surface area (Å²) in [5.41, 5.74) is 2.95. The second kappa shape index (κ2) is 8.15. The third-order valence-electron chi connectivity index (χ3n) is 4.84. The Morgan fingerprint density at radius 2 is 1.41 bits per heavy atom. The van der Waals surface area contributed by atoms with Crippen molar-refractivity contribution in [3.05, 3.63) is 118 Å². The van der Waals surface area contributed by atoms with Gasteiger partial charge < -0.3 is 9.32 Å². The highest BCUT2D eigenvalue weighted by molar-refractivity contribution is 5.96. The molecule has 0 N–H and O–H groups in total. The van der Waals surface area contributed by atoms with Crippen LogP contribution in [0.1, 0.15) is 27.0 Å². The lowest BCUT2D eigenvalue weighted by Crippen LogP contribution is -2.33. The van der Waals surface area contributed by atoms with E-state index < -0.39 is 5.63 Å². The van der Waals surface area contributed by atoms with Gasteiger partial charge in [0.25, 0.3) is 5.91 Å². The maximum Gasteiger partial charge on any atom is 0.349 e. The molecule has 0 saturated heterocycles. The van der Waals surface area contributed by atoms with Gasteiger partial charge in [-0.3, -0.25) is 4.79 Å². The average Bonchev–Trinajstić information content (AvgIpc) is 2.74. The number of carbonyl (C=O) groups is 1. The zero-order chi connectivity index (χ0) is 20.2. The molecule has 1 heterocycles. The van der Waals surface area contributed by atoms with Crippen LogP contribution in [0.5, 0.6) is 0 Å². The minimum Gasteiger partial charge on any atom is -0.422 e. The van der Waals surface area contributed by atoms with Crippen molar-refractivity contribution in [3.63, 3.8) is 0 Å². The molecule has 0 unspecified atom stereocenters. The maximum absolute atomic E-state index is 13.4. The summed E-state index contributed by atoms with van der Waals surface area (Å²) in [7, 11) is 0. The summed E-state index contributed by atoms with van der Waals surface area (Å²) in [5, 5.41) is 0.743. The van der Waals surface area contributed by atoms with Gasteiger partial charge in [0.1, 0.15) is 11.1 Å². The topological polar surface area (TPSA) is 50.5 Å². The first-order valence-corrected chi connectivity index (χ1v) is 9.52. The summed E-state index contributed by atoms with van der Waals surface area (Å²) >= 11 is 0. The van der Waals surface area contributed by atoms with E-state index in [1.807, 2.05) is 79.7 Å². The number of hydrogen-bond acceptors (Lipinski definition) is 3. The lowest BCUT2D eigenvalue weighted by atomic mass is 10.1. The predicted molar refractivity (Wildman–Crippen MR) is 114 cm³/mol. The first kappa shape index (κ1) is 18.7. The van der Waals surface area contributed by atoms with Crippen molar-refractivity contribution < 1.29 is 9.21 Å². The van der Waals surface area contributed by atoms with Crippen LogP contribution in [0.2, 0.25) is 0 Å². The van der Waals surface area contributed by atoms with Crippen molar-refractivity contribution in [2.45, 2.75) is 20.0 Å². The molecule has 4 rings (SSSR count). The third kappa shape index (κ3) is 4.27. The van der Waals surface area contributed by atoms with Gasteiger partial charge in [-0.05, 0) is 36.2 Å². The summed E-state index contributed by atoms with van der Waals surface area (Å²) in [4.78, 5) is 27.6.